The van der Waals surface area contributed by atoms with Crippen LogP contribution in [0, 0.1) is 0 Å². The molecular weight excluding hydrogens is 310 g/mol. The summed E-state index contributed by atoms with van der Waals surface area (Å²) in [5.41, 5.74) is 3.75. The second-order valence-corrected chi connectivity index (χ2v) is 6.49. The number of nitrogens with one attached hydrogen (secondary N) is 1. The van der Waals surface area contributed by atoms with Crippen molar-refractivity contribution in [2.45, 2.75) is 25.9 Å². The van der Waals surface area contributed by atoms with E-state index in [4.69, 9.17) is 0 Å². The summed E-state index contributed by atoms with van der Waals surface area (Å²) in [6.07, 6.45) is 9.98. The highest BCUT2D eigenvalue weighted by molar-refractivity contribution is 5.51. The van der Waals surface area contributed by atoms with E-state index in [2.05, 4.69) is 50.5 Å². The van der Waals surface area contributed by atoms with E-state index >= 15 is 0 Å². The second-order valence-electron chi connectivity index (χ2n) is 6.49. The number of nitrogens with zero attached hydrogens (tertiary/aromatic N) is 4. The van der Waals surface area contributed by atoms with E-state index in [1.54, 1.807) is 12.5 Å². The summed E-state index contributed by atoms with van der Waals surface area (Å²) < 4.78 is 1.91. The first-order valence-corrected chi connectivity index (χ1v) is 8.86. The van der Waals surface area contributed by atoms with Gasteiger partial charge in [-0.3, -0.25) is 9.47 Å². The van der Waals surface area contributed by atoms with Crippen molar-refractivity contribution < 1.29 is 0 Å². The van der Waals surface area contributed by atoms with Crippen LogP contribution in [0.1, 0.15) is 24.0 Å². The standard InChI is InChI=1S/C20H23N5/c1-2-6-19(18(5-1)15-24-10-3-4-11-24)22-13-17-7-8-20(23-14-17)25-12-9-21-16-25/h1-2,5-9,12,14,16,22H,3-4,10-11,13,15H2. The second kappa shape index (κ2) is 7.49. The highest BCUT2D eigenvalue weighted by atomic mass is 15.1. The highest BCUT2D eigenvalue weighted by Gasteiger charge is 2.13. The van der Waals surface area contributed by atoms with Gasteiger partial charge in [0.05, 0.1) is 0 Å². The van der Waals surface area contributed by atoms with Gasteiger partial charge in [-0.15, -0.1) is 0 Å². The van der Waals surface area contributed by atoms with Gasteiger partial charge in [0.25, 0.3) is 0 Å². The summed E-state index contributed by atoms with van der Waals surface area (Å²) >= 11 is 0. The average molecular weight is 333 g/mol. The van der Waals surface area contributed by atoms with E-state index in [-0.39, 0.29) is 0 Å². The fourth-order valence-corrected chi connectivity index (χ4v) is 3.28. The van der Waals surface area contributed by atoms with E-state index in [9.17, 15) is 0 Å². The highest BCUT2D eigenvalue weighted by Crippen LogP contribution is 2.20. The van der Waals surface area contributed by atoms with Gasteiger partial charge in [-0.1, -0.05) is 24.3 Å². The number of rotatable bonds is 6. The van der Waals surface area contributed by atoms with Gasteiger partial charge in [-0.05, 0) is 49.2 Å². The SMILES string of the molecule is c1ccc(NCc2ccc(-n3ccnc3)nc2)c(CN2CCCC2)c1. The monoisotopic (exact) mass is 333 g/mol. The fourth-order valence-electron chi connectivity index (χ4n) is 3.28. The largest absolute Gasteiger partial charge is 0.381 e. The van der Waals surface area contributed by atoms with Gasteiger partial charge in [-0.25, -0.2) is 9.97 Å². The van der Waals surface area contributed by atoms with Gasteiger partial charge < -0.3 is 5.32 Å². The molecule has 1 aliphatic heterocycles. The van der Waals surface area contributed by atoms with Crippen LogP contribution in [0.15, 0.2) is 61.3 Å². The maximum atomic E-state index is 4.51. The zero-order valence-corrected chi connectivity index (χ0v) is 14.3. The Labute approximate surface area is 148 Å². The van der Waals surface area contributed by atoms with Crippen LogP contribution in [0.25, 0.3) is 5.82 Å². The maximum Gasteiger partial charge on any atom is 0.137 e. The molecule has 0 radical (unpaired) electrons. The first kappa shape index (κ1) is 15.8. The molecule has 0 unspecified atom stereocenters. The van der Waals surface area contributed by atoms with E-state index in [0.717, 1.165) is 18.9 Å². The first-order valence-electron chi connectivity index (χ1n) is 8.86. The number of hydrogen-bond donors (Lipinski definition) is 1. The lowest BCUT2D eigenvalue weighted by Crippen LogP contribution is -2.19. The number of imidazole rings is 1. The Kier molecular flexibility index (Phi) is 4.74. The van der Waals surface area contributed by atoms with Crippen LogP contribution < -0.4 is 5.32 Å². The Bertz CT molecular complexity index is 789. The third kappa shape index (κ3) is 3.88. The minimum absolute atomic E-state index is 0.772. The molecule has 3 heterocycles. The lowest BCUT2D eigenvalue weighted by atomic mass is 10.1. The zero-order chi connectivity index (χ0) is 16.9. The van der Waals surface area contributed by atoms with Crippen LogP contribution in [-0.2, 0) is 13.1 Å². The van der Waals surface area contributed by atoms with E-state index < -0.39 is 0 Å². The van der Waals surface area contributed by atoms with Crippen molar-refractivity contribution in [3.63, 3.8) is 0 Å². The van der Waals surface area contributed by atoms with Crippen molar-refractivity contribution in [1.82, 2.24) is 19.4 Å². The van der Waals surface area contributed by atoms with Crippen molar-refractivity contribution in [2.75, 3.05) is 18.4 Å². The first-order chi connectivity index (χ1) is 12.4. The van der Waals surface area contributed by atoms with Gasteiger partial charge >= 0.3 is 0 Å². The quantitative estimate of drug-likeness (QED) is 0.750. The summed E-state index contributed by atoms with van der Waals surface area (Å²) in [6.45, 7) is 4.23. The number of pyridine rings is 1. The molecule has 3 aromatic rings. The smallest absolute Gasteiger partial charge is 0.137 e. The van der Waals surface area contributed by atoms with Gasteiger partial charge in [0, 0.05) is 37.4 Å². The van der Waals surface area contributed by atoms with Crippen LogP contribution in [0.4, 0.5) is 5.69 Å². The molecule has 4 rings (SSSR count). The third-order valence-corrected chi connectivity index (χ3v) is 4.67. The summed E-state index contributed by atoms with van der Waals surface area (Å²) in [6, 6.07) is 12.7. The Balaban J connectivity index is 1.41. The molecule has 0 bridgehead atoms. The topological polar surface area (TPSA) is 46.0 Å². The molecule has 5 heteroatoms. The number of aromatic nitrogens is 3. The van der Waals surface area contributed by atoms with Gasteiger partial charge in [-0.2, -0.15) is 0 Å². The molecule has 1 fully saturated rings. The average Bonchev–Trinajstić information content (AvgIpc) is 3.35. The van der Waals surface area contributed by atoms with E-state index in [0.29, 0.717) is 0 Å². The minimum atomic E-state index is 0.772. The summed E-state index contributed by atoms with van der Waals surface area (Å²) in [4.78, 5) is 11.1. The van der Waals surface area contributed by atoms with Crippen LogP contribution >= 0.6 is 0 Å². The van der Waals surface area contributed by atoms with Crippen molar-refractivity contribution in [3.8, 4) is 5.82 Å². The molecule has 2 aromatic heterocycles. The molecule has 1 aliphatic rings. The Morgan fingerprint density at radius 3 is 2.68 bits per heavy atom. The van der Waals surface area contributed by atoms with Crippen molar-refractivity contribution >= 4 is 5.69 Å². The predicted molar refractivity (Wildman–Crippen MR) is 99.6 cm³/mol. The van der Waals surface area contributed by atoms with Crippen molar-refractivity contribution in [1.29, 1.82) is 0 Å². The Morgan fingerprint density at radius 2 is 1.92 bits per heavy atom. The summed E-state index contributed by atoms with van der Waals surface area (Å²) in [5.74, 6) is 0.885. The van der Waals surface area contributed by atoms with Gasteiger partial charge in [0.15, 0.2) is 0 Å². The molecule has 1 aromatic carbocycles. The lowest BCUT2D eigenvalue weighted by molar-refractivity contribution is 0.332. The van der Waals surface area contributed by atoms with Crippen LogP contribution in [0.5, 0.6) is 0 Å². The van der Waals surface area contributed by atoms with E-state index in [1.165, 1.54) is 42.7 Å². The third-order valence-electron chi connectivity index (χ3n) is 4.67. The molecule has 1 saturated heterocycles. The van der Waals surface area contributed by atoms with Crippen LogP contribution in [0.2, 0.25) is 0 Å². The summed E-state index contributed by atoms with van der Waals surface area (Å²) in [5, 5.41) is 3.57. The number of likely N-dealkylation sites (tertiary alicyclic amines) is 1. The molecular formula is C20H23N5. The fraction of sp³-hybridized carbons (Fsp3) is 0.300. The Hall–Kier alpha value is -2.66. The summed E-state index contributed by atoms with van der Waals surface area (Å²) in [7, 11) is 0. The minimum Gasteiger partial charge on any atom is -0.381 e. The lowest BCUT2D eigenvalue weighted by Gasteiger charge is -2.18. The normalized spacial score (nSPS) is 14.7. The molecule has 0 saturated carbocycles. The van der Waals surface area contributed by atoms with Gasteiger partial charge in [0.2, 0.25) is 0 Å². The molecule has 25 heavy (non-hydrogen) atoms. The number of hydrogen-bond acceptors (Lipinski definition) is 4. The molecule has 0 atom stereocenters. The molecule has 0 amide bonds. The van der Waals surface area contributed by atoms with Crippen LogP contribution in [-0.4, -0.2) is 32.5 Å². The molecule has 5 nitrogen and oxygen atoms in total. The number of para-hydroxylation sites is 1. The van der Waals surface area contributed by atoms with Gasteiger partial charge in [0.1, 0.15) is 12.1 Å². The maximum absolute atomic E-state index is 4.51. The van der Waals surface area contributed by atoms with Crippen molar-refractivity contribution in [3.05, 3.63) is 72.4 Å². The zero-order valence-electron chi connectivity index (χ0n) is 14.3. The van der Waals surface area contributed by atoms with Crippen LogP contribution in [0.3, 0.4) is 0 Å². The molecule has 1 N–H and O–H groups in total. The predicted octanol–water partition coefficient (Wildman–Crippen LogP) is 3.48. The van der Waals surface area contributed by atoms with Crippen molar-refractivity contribution in [2.24, 2.45) is 0 Å². The van der Waals surface area contributed by atoms with E-state index in [1.807, 2.05) is 23.0 Å². The molecule has 0 aliphatic carbocycles. The number of benzene rings is 1. The molecule has 0 spiro atoms. The molecule has 128 valence electrons. The number of anilines is 1. The Morgan fingerprint density at radius 1 is 1.04 bits per heavy atom.